The highest BCUT2D eigenvalue weighted by Crippen LogP contribution is 2.28. The first-order chi connectivity index (χ1) is 8.95. The Balaban J connectivity index is 0.00000361. The van der Waals surface area contributed by atoms with Crippen molar-refractivity contribution in [1.29, 1.82) is 0 Å². The number of rotatable bonds is 6. The molecule has 0 aromatic rings. The predicted molar refractivity (Wildman–Crippen MR) is 80.8 cm³/mol. The van der Waals surface area contributed by atoms with E-state index in [1.165, 1.54) is 0 Å². The standard InChI is InChI=1S/C14H26N2O3.ClH/c1-3-9(2)12(15)13(17)16-8-10-4-6-11(7-5-10)14(18)19;/h9-12H,3-8,15H2,1-2H3,(H,16,17)(H,18,19);1H/t9-,10-,11-,12-;/m0./s1. The number of nitrogens with two attached hydrogens (primary N) is 1. The van der Waals surface area contributed by atoms with Crippen molar-refractivity contribution >= 4 is 24.3 Å². The molecule has 6 heteroatoms. The number of carboxylic acids is 1. The molecule has 0 unspecified atom stereocenters. The Morgan fingerprint density at radius 2 is 1.85 bits per heavy atom. The highest BCUT2D eigenvalue weighted by Gasteiger charge is 2.27. The van der Waals surface area contributed by atoms with E-state index < -0.39 is 12.0 Å². The molecule has 0 aromatic heterocycles. The Morgan fingerprint density at radius 1 is 1.30 bits per heavy atom. The van der Waals surface area contributed by atoms with Crippen molar-refractivity contribution < 1.29 is 14.7 Å². The number of halogens is 1. The molecule has 1 aliphatic carbocycles. The summed E-state index contributed by atoms with van der Waals surface area (Å²) < 4.78 is 0. The quantitative estimate of drug-likeness (QED) is 0.697. The molecule has 0 aromatic carbocycles. The van der Waals surface area contributed by atoms with E-state index in [0.717, 1.165) is 19.3 Å². The number of nitrogens with one attached hydrogen (secondary N) is 1. The monoisotopic (exact) mass is 306 g/mol. The number of carbonyl (C=O) groups excluding carboxylic acids is 1. The van der Waals surface area contributed by atoms with Gasteiger partial charge >= 0.3 is 5.97 Å². The van der Waals surface area contributed by atoms with E-state index in [0.29, 0.717) is 25.3 Å². The summed E-state index contributed by atoms with van der Waals surface area (Å²) >= 11 is 0. The van der Waals surface area contributed by atoms with Gasteiger partial charge in [-0.2, -0.15) is 0 Å². The van der Waals surface area contributed by atoms with E-state index in [1.807, 2.05) is 13.8 Å². The van der Waals surface area contributed by atoms with Crippen LogP contribution in [0.1, 0.15) is 46.0 Å². The van der Waals surface area contributed by atoms with E-state index in [9.17, 15) is 9.59 Å². The van der Waals surface area contributed by atoms with Gasteiger partial charge in [-0.15, -0.1) is 12.4 Å². The third-order valence-electron chi connectivity index (χ3n) is 4.32. The maximum Gasteiger partial charge on any atom is 0.306 e. The molecule has 1 rings (SSSR count). The molecule has 118 valence electrons. The number of carboxylic acid groups (broad SMARTS) is 1. The van der Waals surface area contributed by atoms with Crippen LogP contribution in [-0.2, 0) is 9.59 Å². The second kappa shape index (κ2) is 9.19. The van der Waals surface area contributed by atoms with Crippen LogP contribution in [0.3, 0.4) is 0 Å². The van der Waals surface area contributed by atoms with E-state index in [4.69, 9.17) is 10.8 Å². The molecule has 4 N–H and O–H groups in total. The van der Waals surface area contributed by atoms with Crippen LogP contribution in [0.15, 0.2) is 0 Å². The molecule has 1 amide bonds. The first-order valence-electron chi connectivity index (χ1n) is 7.21. The molecule has 1 fully saturated rings. The van der Waals surface area contributed by atoms with E-state index in [-0.39, 0.29) is 30.2 Å². The van der Waals surface area contributed by atoms with Crippen molar-refractivity contribution in [3.63, 3.8) is 0 Å². The number of aliphatic carboxylic acids is 1. The number of hydrogen-bond donors (Lipinski definition) is 3. The largest absolute Gasteiger partial charge is 0.481 e. The summed E-state index contributed by atoms with van der Waals surface area (Å²) in [5.41, 5.74) is 5.86. The minimum absolute atomic E-state index is 0. The van der Waals surface area contributed by atoms with Crippen molar-refractivity contribution in [2.45, 2.75) is 52.0 Å². The van der Waals surface area contributed by atoms with Crippen LogP contribution in [0, 0.1) is 17.8 Å². The average Bonchev–Trinajstić information content (AvgIpc) is 2.43. The van der Waals surface area contributed by atoms with Gasteiger partial charge in [-0.05, 0) is 37.5 Å². The summed E-state index contributed by atoms with van der Waals surface area (Å²) in [6, 6.07) is -0.444. The highest BCUT2D eigenvalue weighted by molar-refractivity contribution is 5.85. The number of hydrogen-bond acceptors (Lipinski definition) is 3. The van der Waals surface area contributed by atoms with Gasteiger partial charge < -0.3 is 16.2 Å². The third kappa shape index (κ3) is 5.67. The van der Waals surface area contributed by atoms with E-state index in [2.05, 4.69) is 5.32 Å². The average molecular weight is 307 g/mol. The Kier molecular flexibility index (Phi) is 8.81. The molecule has 0 saturated heterocycles. The lowest BCUT2D eigenvalue weighted by molar-refractivity contribution is -0.143. The van der Waals surface area contributed by atoms with Crippen LogP contribution in [0.2, 0.25) is 0 Å². The first-order valence-corrected chi connectivity index (χ1v) is 7.21. The first kappa shape index (κ1) is 19.2. The Labute approximate surface area is 127 Å². The van der Waals surface area contributed by atoms with Gasteiger partial charge in [0, 0.05) is 6.54 Å². The fourth-order valence-electron chi connectivity index (χ4n) is 2.49. The summed E-state index contributed by atoms with van der Waals surface area (Å²) in [7, 11) is 0. The maximum absolute atomic E-state index is 11.8. The Hall–Kier alpha value is -0.810. The summed E-state index contributed by atoms with van der Waals surface area (Å²) in [5, 5.41) is 11.8. The molecule has 2 atom stereocenters. The van der Waals surface area contributed by atoms with Crippen molar-refractivity contribution in [1.82, 2.24) is 5.32 Å². The van der Waals surface area contributed by atoms with Crippen LogP contribution < -0.4 is 11.1 Å². The lowest BCUT2D eigenvalue weighted by Gasteiger charge is -2.27. The van der Waals surface area contributed by atoms with Gasteiger partial charge in [0.1, 0.15) is 0 Å². The zero-order valence-electron chi connectivity index (χ0n) is 12.3. The van der Waals surface area contributed by atoms with Crippen LogP contribution in [0.25, 0.3) is 0 Å². The Morgan fingerprint density at radius 3 is 2.30 bits per heavy atom. The SMILES string of the molecule is CC[C@H](C)[C@H](N)C(=O)NC[C@H]1CC[C@H](C(=O)O)CC1.Cl. The van der Waals surface area contributed by atoms with Crippen LogP contribution in [0.4, 0.5) is 0 Å². The minimum Gasteiger partial charge on any atom is -0.481 e. The predicted octanol–water partition coefficient (Wildman–Crippen LogP) is 1.79. The fraction of sp³-hybridized carbons (Fsp3) is 0.857. The molecular weight excluding hydrogens is 280 g/mol. The van der Waals surface area contributed by atoms with Gasteiger partial charge in [0.25, 0.3) is 0 Å². The molecule has 5 nitrogen and oxygen atoms in total. The lowest BCUT2D eigenvalue weighted by atomic mass is 9.82. The second-order valence-electron chi connectivity index (χ2n) is 5.71. The van der Waals surface area contributed by atoms with Crippen molar-refractivity contribution in [2.75, 3.05) is 6.54 Å². The molecule has 1 aliphatic rings. The molecule has 0 aliphatic heterocycles. The summed E-state index contributed by atoms with van der Waals surface area (Å²) in [6.45, 7) is 4.61. The molecule has 0 heterocycles. The van der Waals surface area contributed by atoms with Gasteiger partial charge in [-0.1, -0.05) is 20.3 Å². The maximum atomic E-state index is 11.8. The number of amides is 1. The van der Waals surface area contributed by atoms with Crippen molar-refractivity contribution in [3.8, 4) is 0 Å². The van der Waals surface area contributed by atoms with Crippen LogP contribution in [0.5, 0.6) is 0 Å². The zero-order valence-corrected chi connectivity index (χ0v) is 13.1. The van der Waals surface area contributed by atoms with E-state index >= 15 is 0 Å². The topological polar surface area (TPSA) is 92.4 Å². The van der Waals surface area contributed by atoms with Crippen LogP contribution in [-0.4, -0.2) is 29.6 Å². The molecule has 1 saturated carbocycles. The van der Waals surface area contributed by atoms with Crippen molar-refractivity contribution in [2.24, 2.45) is 23.5 Å². The van der Waals surface area contributed by atoms with Gasteiger partial charge in [-0.25, -0.2) is 0 Å². The van der Waals surface area contributed by atoms with Gasteiger partial charge in [0.15, 0.2) is 0 Å². The normalized spacial score (nSPS) is 25.1. The second-order valence-corrected chi connectivity index (χ2v) is 5.71. The lowest BCUT2D eigenvalue weighted by Crippen LogP contribution is -2.46. The van der Waals surface area contributed by atoms with Gasteiger partial charge in [0.2, 0.25) is 5.91 Å². The summed E-state index contributed by atoms with van der Waals surface area (Å²) in [6.07, 6.45) is 4.06. The molecule has 20 heavy (non-hydrogen) atoms. The van der Waals surface area contributed by atoms with Crippen LogP contribution >= 0.6 is 12.4 Å². The summed E-state index contributed by atoms with van der Waals surface area (Å²) in [5.74, 6) is -0.406. The zero-order chi connectivity index (χ0) is 14.4. The minimum atomic E-state index is -0.693. The molecular formula is C14H27ClN2O3. The smallest absolute Gasteiger partial charge is 0.306 e. The highest BCUT2D eigenvalue weighted by atomic mass is 35.5. The molecule has 0 bridgehead atoms. The van der Waals surface area contributed by atoms with Crippen molar-refractivity contribution in [3.05, 3.63) is 0 Å². The fourth-order valence-corrected chi connectivity index (χ4v) is 2.49. The van der Waals surface area contributed by atoms with Gasteiger partial charge in [-0.3, -0.25) is 9.59 Å². The molecule has 0 radical (unpaired) electrons. The van der Waals surface area contributed by atoms with E-state index in [1.54, 1.807) is 0 Å². The van der Waals surface area contributed by atoms with Gasteiger partial charge in [0.05, 0.1) is 12.0 Å². The Bertz CT molecular complexity index is 318. The molecule has 0 spiro atoms. The third-order valence-corrected chi connectivity index (χ3v) is 4.32. The summed E-state index contributed by atoms with van der Waals surface area (Å²) in [4.78, 5) is 22.7. The number of carbonyl (C=O) groups is 2.